The zero-order chi connectivity index (χ0) is 21.6. The van der Waals surface area contributed by atoms with Gasteiger partial charge in [0.15, 0.2) is 0 Å². The number of aliphatic hydroxyl groups is 1. The van der Waals surface area contributed by atoms with E-state index in [1.807, 2.05) is 11.5 Å². The van der Waals surface area contributed by atoms with Crippen LogP contribution in [0.5, 0.6) is 0 Å². The third-order valence-corrected chi connectivity index (χ3v) is 5.64. The Kier molecular flexibility index (Phi) is 5.03. The summed E-state index contributed by atoms with van der Waals surface area (Å²) in [6.07, 6.45) is -5.06. The topological polar surface area (TPSA) is 67.2 Å². The molecule has 0 aliphatic heterocycles. The molecule has 30 heavy (non-hydrogen) atoms. The first-order valence-electron chi connectivity index (χ1n) is 9.20. The SMILES string of the molecule is Cc1nc2c3cc(C(=O)NCC(C)O)ccc3n(-c3ccc(C(F)(F)F)cc3)c2s1. The Hall–Kier alpha value is -2.91. The second-order valence-corrected chi connectivity index (χ2v) is 8.24. The molecule has 9 heteroatoms. The van der Waals surface area contributed by atoms with Crippen molar-refractivity contribution in [2.75, 3.05) is 6.54 Å². The van der Waals surface area contributed by atoms with E-state index < -0.39 is 17.8 Å². The van der Waals surface area contributed by atoms with Crippen LogP contribution in [0.4, 0.5) is 13.2 Å². The Bertz CT molecular complexity index is 1240. The number of nitrogens with one attached hydrogen (secondary N) is 1. The van der Waals surface area contributed by atoms with Crippen molar-refractivity contribution < 1.29 is 23.1 Å². The number of aryl methyl sites for hydroxylation is 1. The fourth-order valence-corrected chi connectivity index (χ4v) is 4.28. The number of halogens is 3. The zero-order valence-electron chi connectivity index (χ0n) is 16.1. The monoisotopic (exact) mass is 433 g/mol. The van der Waals surface area contributed by atoms with Crippen LogP contribution in [0.25, 0.3) is 26.9 Å². The van der Waals surface area contributed by atoms with E-state index in [1.165, 1.54) is 23.5 Å². The van der Waals surface area contributed by atoms with Gasteiger partial charge >= 0.3 is 6.18 Å². The maximum atomic E-state index is 12.9. The number of carbonyl (C=O) groups is 1. The Morgan fingerprint density at radius 2 is 1.93 bits per heavy atom. The zero-order valence-corrected chi connectivity index (χ0v) is 16.9. The van der Waals surface area contributed by atoms with Crippen molar-refractivity contribution in [1.29, 1.82) is 0 Å². The molecule has 0 aliphatic carbocycles. The third-order valence-electron chi connectivity index (χ3n) is 4.68. The van der Waals surface area contributed by atoms with E-state index in [-0.39, 0.29) is 12.5 Å². The van der Waals surface area contributed by atoms with Gasteiger partial charge in [-0.1, -0.05) is 0 Å². The summed E-state index contributed by atoms with van der Waals surface area (Å²) in [6.45, 7) is 3.57. The number of nitrogens with zero attached hydrogens (tertiary/aromatic N) is 2. The van der Waals surface area contributed by atoms with Crippen molar-refractivity contribution in [2.24, 2.45) is 0 Å². The number of rotatable bonds is 4. The maximum absolute atomic E-state index is 12.9. The highest BCUT2D eigenvalue weighted by Gasteiger charge is 2.30. The minimum absolute atomic E-state index is 0.134. The smallest absolute Gasteiger partial charge is 0.392 e. The van der Waals surface area contributed by atoms with Gasteiger partial charge in [-0.05, 0) is 56.3 Å². The number of amides is 1. The van der Waals surface area contributed by atoms with E-state index in [4.69, 9.17) is 0 Å². The van der Waals surface area contributed by atoms with Crippen LogP contribution in [0.1, 0.15) is 27.9 Å². The normalized spacial score (nSPS) is 13.1. The summed E-state index contributed by atoms with van der Waals surface area (Å²) in [5, 5.41) is 13.6. The lowest BCUT2D eigenvalue weighted by Gasteiger charge is -2.10. The molecule has 1 atom stereocenters. The van der Waals surface area contributed by atoms with Gasteiger partial charge in [0, 0.05) is 23.2 Å². The minimum atomic E-state index is -4.40. The molecule has 1 unspecified atom stereocenters. The lowest BCUT2D eigenvalue weighted by Crippen LogP contribution is -2.30. The van der Waals surface area contributed by atoms with Crippen molar-refractivity contribution >= 4 is 38.5 Å². The first kappa shape index (κ1) is 20.4. The third kappa shape index (κ3) is 3.66. The summed E-state index contributed by atoms with van der Waals surface area (Å²) in [4.78, 5) is 17.7. The number of carbonyl (C=O) groups excluding carboxylic acids is 1. The van der Waals surface area contributed by atoms with E-state index in [0.29, 0.717) is 16.8 Å². The largest absolute Gasteiger partial charge is 0.416 e. The molecular weight excluding hydrogens is 415 g/mol. The Balaban J connectivity index is 1.84. The van der Waals surface area contributed by atoms with Crippen LogP contribution in [-0.2, 0) is 6.18 Å². The van der Waals surface area contributed by atoms with Gasteiger partial charge in [-0.25, -0.2) is 4.98 Å². The first-order chi connectivity index (χ1) is 14.1. The van der Waals surface area contributed by atoms with Crippen LogP contribution in [0.2, 0.25) is 0 Å². The van der Waals surface area contributed by atoms with Crippen LogP contribution in [0.15, 0.2) is 42.5 Å². The molecule has 0 aliphatic rings. The molecule has 4 rings (SSSR count). The fraction of sp³-hybridized carbons (Fsp3) is 0.238. The standard InChI is InChI=1S/C21H18F3N3O2S/c1-11(28)10-25-19(29)13-3-8-17-16(9-13)18-20(30-12(2)26-18)27(17)15-6-4-14(5-7-15)21(22,23)24/h3-9,11,28H,10H2,1-2H3,(H,25,29). The van der Waals surface area contributed by atoms with E-state index in [0.717, 1.165) is 32.9 Å². The van der Waals surface area contributed by atoms with E-state index >= 15 is 0 Å². The predicted octanol–water partition coefficient (Wildman–Crippen LogP) is 4.68. The summed E-state index contributed by atoms with van der Waals surface area (Å²) in [7, 11) is 0. The van der Waals surface area contributed by atoms with Gasteiger partial charge in [-0.3, -0.25) is 9.36 Å². The molecule has 0 saturated carbocycles. The number of alkyl halides is 3. The van der Waals surface area contributed by atoms with Gasteiger partial charge in [0.25, 0.3) is 5.91 Å². The molecule has 4 aromatic rings. The minimum Gasteiger partial charge on any atom is -0.392 e. The van der Waals surface area contributed by atoms with Crippen LogP contribution in [0.3, 0.4) is 0 Å². The van der Waals surface area contributed by atoms with Crippen LogP contribution >= 0.6 is 11.3 Å². The van der Waals surface area contributed by atoms with Crippen molar-refractivity contribution in [3.05, 3.63) is 58.6 Å². The van der Waals surface area contributed by atoms with Crippen molar-refractivity contribution in [2.45, 2.75) is 26.1 Å². The summed E-state index contributed by atoms with van der Waals surface area (Å²) >= 11 is 1.43. The van der Waals surface area contributed by atoms with Crippen molar-refractivity contribution in [3.63, 3.8) is 0 Å². The van der Waals surface area contributed by atoms with Gasteiger partial charge in [0.1, 0.15) is 10.3 Å². The Morgan fingerprint density at radius 3 is 2.57 bits per heavy atom. The number of aliphatic hydroxyl groups excluding tert-OH is 1. The summed E-state index contributed by atoms with van der Waals surface area (Å²) in [6, 6.07) is 10.1. The van der Waals surface area contributed by atoms with E-state index in [9.17, 15) is 23.1 Å². The molecule has 1 amide bonds. The fourth-order valence-electron chi connectivity index (χ4n) is 3.31. The van der Waals surface area contributed by atoms with Gasteiger partial charge in [0.05, 0.1) is 22.2 Å². The molecule has 2 N–H and O–H groups in total. The number of fused-ring (bicyclic) bond motifs is 3. The molecule has 5 nitrogen and oxygen atoms in total. The van der Waals surface area contributed by atoms with Crippen LogP contribution < -0.4 is 5.32 Å². The molecule has 2 aromatic heterocycles. The highest BCUT2D eigenvalue weighted by molar-refractivity contribution is 7.18. The van der Waals surface area contributed by atoms with Crippen molar-refractivity contribution in [1.82, 2.24) is 14.9 Å². The predicted molar refractivity (Wildman–Crippen MR) is 110 cm³/mol. The Morgan fingerprint density at radius 1 is 1.23 bits per heavy atom. The van der Waals surface area contributed by atoms with Gasteiger partial charge in [-0.2, -0.15) is 13.2 Å². The summed E-state index contributed by atoms with van der Waals surface area (Å²) in [5.41, 5.74) is 1.72. The molecule has 2 aromatic carbocycles. The van der Waals surface area contributed by atoms with Crippen LogP contribution in [-0.4, -0.2) is 33.2 Å². The second-order valence-electron chi connectivity index (χ2n) is 7.06. The number of hydrogen-bond donors (Lipinski definition) is 2. The van der Waals surface area contributed by atoms with E-state index in [1.54, 1.807) is 25.1 Å². The number of thiazole rings is 1. The highest BCUT2D eigenvalue weighted by atomic mass is 32.1. The summed E-state index contributed by atoms with van der Waals surface area (Å²) < 4.78 is 40.7. The first-order valence-corrected chi connectivity index (χ1v) is 10.0. The lowest BCUT2D eigenvalue weighted by atomic mass is 10.1. The second kappa shape index (κ2) is 7.41. The number of hydrogen-bond acceptors (Lipinski definition) is 4. The summed E-state index contributed by atoms with van der Waals surface area (Å²) in [5.74, 6) is -0.319. The number of benzene rings is 2. The Labute approximate surface area is 173 Å². The molecule has 0 bridgehead atoms. The molecule has 0 radical (unpaired) electrons. The van der Waals surface area contributed by atoms with E-state index in [2.05, 4.69) is 10.3 Å². The van der Waals surface area contributed by atoms with Gasteiger partial charge < -0.3 is 10.4 Å². The average molecular weight is 433 g/mol. The number of aromatic nitrogens is 2. The van der Waals surface area contributed by atoms with Gasteiger partial charge in [0.2, 0.25) is 0 Å². The average Bonchev–Trinajstić information content (AvgIpc) is 3.19. The van der Waals surface area contributed by atoms with Gasteiger partial charge in [-0.15, -0.1) is 11.3 Å². The van der Waals surface area contributed by atoms with Crippen molar-refractivity contribution in [3.8, 4) is 5.69 Å². The quantitative estimate of drug-likeness (QED) is 0.491. The van der Waals surface area contributed by atoms with Crippen LogP contribution in [0, 0.1) is 6.92 Å². The molecule has 156 valence electrons. The lowest BCUT2D eigenvalue weighted by molar-refractivity contribution is -0.137. The highest BCUT2D eigenvalue weighted by Crippen LogP contribution is 2.36. The maximum Gasteiger partial charge on any atom is 0.416 e. The molecule has 0 saturated heterocycles. The molecule has 0 spiro atoms. The molecule has 0 fully saturated rings. The molecular formula is C21H18F3N3O2S. The molecule has 2 heterocycles.